The van der Waals surface area contributed by atoms with Crippen molar-refractivity contribution in [1.82, 2.24) is 15.3 Å². The number of rotatable bonds is 13. The number of pyridine rings is 1. The van der Waals surface area contributed by atoms with Gasteiger partial charge >= 0.3 is 0 Å². The number of benzene rings is 2. The van der Waals surface area contributed by atoms with Crippen molar-refractivity contribution in [2.75, 3.05) is 37.2 Å². The molecular weight excluding hydrogens is 509 g/mol. The van der Waals surface area contributed by atoms with Gasteiger partial charge in [0.05, 0.1) is 16.8 Å². The average Bonchev–Trinajstić information content (AvgIpc) is 2.89. The number of hydrazone groups is 1. The molecule has 3 rings (SSSR count). The minimum atomic E-state index is -0.434. The fourth-order valence-electron chi connectivity index (χ4n) is 3.51. The van der Waals surface area contributed by atoms with E-state index in [1.807, 2.05) is 36.6 Å². The first-order valence-electron chi connectivity index (χ1n) is 11.9. The molecule has 2 aromatic carbocycles. The van der Waals surface area contributed by atoms with Crippen LogP contribution in [0.4, 0.5) is 10.1 Å². The first kappa shape index (κ1) is 28.5. The maximum atomic E-state index is 13.9. The van der Waals surface area contributed by atoms with E-state index in [4.69, 9.17) is 0 Å². The summed E-state index contributed by atoms with van der Waals surface area (Å²) in [5.74, 6) is 0.695. The molecule has 0 fully saturated rings. The fourth-order valence-corrected chi connectivity index (χ4v) is 4.90. The molecule has 1 heterocycles. The zero-order valence-electron chi connectivity index (χ0n) is 21.2. The SMILES string of the molecule is CSCCC/C=N/NC(=O)c1cnc2cc(F)ccc2c1NC(CSc1ccccc1)CC(=O)N(C)C. The molecule has 3 aromatic rings. The van der Waals surface area contributed by atoms with Gasteiger partial charge in [-0.15, -0.1) is 11.8 Å². The summed E-state index contributed by atoms with van der Waals surface area (Å²) in [6.07, 6.45) is 7.08. The number of thioether (sulfide) groups is 2. The number of nitrogens with one attached hydrogen (secondary N) is 2. The van der Waals surface area contributed by atoms with Crippen molar-refractivity contribution in [2.24, 2.45) is 5.10 Å². The van der Waals surface area contributed by atoms with Crippen LogP contribution in [0.25, 0.3) is 10.9 Å². The van der Waals surface area contributed by atoms with Crippen LogP contribution in [0.15, 0.2) is 64.7 Å². The number of aromatic nitrogens is 1. The molecule has 0 saturated carbocycles. The molecular formula is C27H32FN5O2S2. The van der Waals surface area contributed by atoms with Gasteiger partial charge in [0.2, 0.25) is 5.91 Å². The Labute approximate surface area is 225 Å². The second-order valence-electron chi connectivity index (χ2n) is 8.55. The van der Waals surface area contributed by atoms with Crippen molar-refractivity contribution >= 4 is 58.1 Å². The highest BCUT2D eigenvalue weighted by Crippen LogP contribution is 2.29. The van der Waals surface area contributed by atoms with Gasteiger partial charge < -0.3 is 10.2 Å². The van der Waals surface area contributed by atoms with Gasteiger partial charge in [0, 0.05) is 61.1 Å². The molecule has 0 bridgehead atoms. The number of carbonyl (C=O) groups is 2. The molecule has 2 amide bonds. The number of nitrogens with zero attached hydrogens (tertiary/aromatic N) is 3. The topological polar surface area (TPSA) is 86.7 Å². The maximum absolute atomic E-state index is 13.9. The average molecular weight is 542 g/mol. The smallest absolute Gasteiger partial charge is 0.275 e. The zero-order chi connectivity index (χ0) is 26.6. The summed E-state index contributed by atoms with van der Waals surface area (Å²) in [6, 6.07) is 13.8. The van der Waals surface area contributed by atoms with E-state index in [-0.39, 0.29) is 23.9 Å². The van der Waals surface area contributed by atoms with Gasteiger partial charge in [-0.3, -0.25) is 14.6 Å². The van der Waals surface area contributed by atoms with Gasteiger partial charge in [0.25, 0.3) is 5.91 Å². The summed E-state index contributed by atoms with van der Waals surface area (Å²) in [4.78, 5) is 32.7. The number of hydrogen-bond acceptors (Lipinski definition) is 7. The summed E-state index contributed by atoms with van der Waals surface area (Å²) >= 11 is 3.37. The van der Waals surface area contributed by atoms with Crippen LogP contribution in [0.3, 0.4) is 0 Å². The first-order valence-corrected chi connectivity index (χ1v) is 14.3. The lowest BCUT2D eigenvalue weighted by atomic mass is 10.1. The van der Waals surface area contributed by atoms with Crippen molar-refractivity contribution in [2.45, 2.75) is 30.2 Å². The number of unbranched alkanes of at least 4 members (excludes halogenated alkanes) is 1. The van der Waals surface area contributed by atoms with E-state index >= 15 is 0 Å². The molecule has 7 nitrogen and oxygen atoms in total. The largest absolute Gasteiger partial charge is 0.380 e. The molecule has 0 aliphatic carbocycles. The monoisotopic (exact) mass is 541 g/mol. The second-order valence-corrected chi connectivity index (χ2v) is 10.6. The summed E-state index contributed by atoms with van der Waals surface area (Å²) in [5.41, 5.74) is 3.74. The normalized spacial score (nSPS) is 12.0. The predicted octanol–water partition coefficient (Wildman–Crippen LogP) is 5.28. The lowest BCUT2D eigenvalue weighted by Crippen LogP contribution is -2.33. The van der Waals surface area contributed by atoms with Crippen LogP contribution >= 0.6 is 23.5 Å². The molecule has 0 spiro atoms. The van der Waals surface area contributed by atoms with Gasteiger partial charge in [0.15, 0.2) is 0 Å². The molecule has 1 aromatic heterocycles. The number of carbonyl (C=O) groups excluding carboxylic acids is 2. The molecule has 10 heteroatoms. The van der Waals surface area contributed by atoms with Crippen LogP contribution in [0, 0.1) is 5.82 Å². The Balaban J connectivity index is 1.90. The third-order valence-electron chi connectivity index (χ3n) is 5.48. The van der Waals surface area contributed by atoms with Gasteiger partial charge in [-0.25, -0.2) is 9.82 Å². The zero-order valence-corrected chi connectivity index (χ0v) is 22.9. The quantitative estimate of drug-likeness (QED) is 0.132. The number of anilines is 1. The summed E-state index contributed by atoms with van der Waals surface area (Å²) < 4.78 is 13.9. The maximum Gasteiger partial charge on any atom is 0.275 e. The molecule has 1 atom stereocenters. The van der Waals surface area contributed by atoms with Crippen LogP contribution in [0.2, 0.25) is 0 Å². The van der Waals surface area contributed by atoms with Crippen LogP contribution in [-0.4, -0.2) is 65.8 Å². The van der Waals surface area contributed by atoms with Gasteiger partial charge in [-0.05, 0) is 49.1 Å². The van der Waals surface area contributed by atoms with E-state index in [1.54, 1.807) is 54.8 Å². The Hall–Kier alpha value is -3.11. The van der Waals surface area contributed by atoms with Crippen LogP contribution in [0.1, 0.15) is 29.6 Å². The van der Waals surface area contributed by atoms with Crippen LogP contribution in [-0.2, 0) is 4.79 Å². The molecule has 2 N–H and O–H groups in total. The molecule has 196 valence electrons. The van der Waals surface area contributed by atoms with Crippen molar-refractivity contribution in [3.05, 3.63) is 66.1 Å². The first-order chi connectivity index (χ1) is 17.9. The Morgan fingerprint density at radius 3 is 2.70 bits per heavy atom. The number of hydrogen-bond donors (Lipinski definition) is 2. The fraction of sp³-hybridized carbons (Fsp3) is 0.333. The minimum Gasteiger partial charge on any atom is -0.380 e. The predicted molar refractivity (Wildman–Crippen MR) is 153 cm³/mol. The summed E-state index contributed by atoms with van der Waals surface area (Å²) in [7, 11) is 3.43. The molecule has 0 radical (unpaired) electrons. The van der Waals surface area contributed by atoms with E-state index in [1.165, 1.54) is 18.3 Å². The van der Waals surface area contributed by atoms with Crippen LogP contribution < -0.4 is 10.7 Å². The number of halogens is 1. The highest BCUT2D eigenvalue weighted by atomic mass is 32.2. The Bertz CT molecular complexity index is 1220. The molecule has 1 unspecified atom stereocenters. The Morgan fingerprint density at radius 1 is 1.19 bits per heavy atom. The van der Waals surface area contributed by atoms with Crippen molar-refractivity contribution < 1.29 is 14.0 Å². The Morgan fingerprint density at radius 2 is 1.97 bits per heavy atom. The van der Waals surface area contributed by atoms with Crippen molar-refractivity contribution in [1.29, 1.82) is 0 Å². The van der Waals surface area contributed by atoms with Gasteiger partial charge in [0.1, 0.15) is 5.82 Å². The van der Waals surface area contributed by atoms with E-state index in [0.717, 1.165) is 23.5 Å². The van der Waals surface area contributed by atoms with E-state index in [9.17, 15) is 14.0 Å². The van der Waals surface area contributed by atoms with Gasteiger partial charge in [-0.2, -0.15) is 16.9 Å². The molecule has 0 aliphatic rings. The standard InChI is InChI=1S/C27H32FN5O2S2/c1-33(2)25(34)16-20(18-37-21-9-5-4-6-10-21)31-26-22-12-11-19(28)15-24(22)29-17-23(26)27(35)32-30-13-7-8-14-36-3/h4-6,9-13,15,17,20H,7-8,14,16,18H2,1-3H3,(H,29,31)(H,32,35)/b30-13+. The highest BCUT2D eigenvalue weighted by Gasteiger charge is 2.22. The molecule has 0 saturated heterocycles. The van der Waals surface area contributed by atoms with Crippen LogP contribution in [0.5, 0.6) is 0 Å². The summed E-state index contributed by atoms with van der Waals surface area (Å²) in [6.45, 7) is 0. The molecule has 37 heavy (non-hydrogen) atoms. The second kappa shape index (κ2) is 14.6. The van der Waals surface area contributed by atoms with Gasteiger partial charge in [-0.1, -0.05) is 18.2 Å². The van der Waals surface area contributed by atoms with E-state index in [2.05, 4.69) is 20.8 Å². The lowest BCUT2D eigenvalue weighted by Gasteiger charge is -2.23. The number of fused-ring (bicyclic) bond motifs is 1. The Kier molecular flexibility index (Phi) is 11.2. The number of amides is 2. The highest BCUT2D eigenvalue weighted by molar-refractivity contribution is 7.99. The third-order valence-corrected chi connectivity index (χ3v) is 7.35. The van der Waals surface area contributed by atoms with Crippen molar-refractivity contribution in [3.8, 4) is 0 Å². The third kappa shape index (κ3) is 8.75. The lowest BCUT2D eigenvalue weighted by molar-refractivity contribution is -0.128. The molecule has 0 aliphatic heterocycles. The van der Waals surface area contributed by atoms with Crippen molar-refractivity contribution in [3.63, 3.8) is 0 Å². The minimum absolute atomic E-state index is 0.0450. The summed E-state index contributed by atoms with van der Waals surface area (Å²) in [5, 5.41) is 8.07. The van der Waals surface area contributed by atoms with E-state index < -0.39 is 11.7 Å². The van der Waals surface area contributed by atoms with E-state index in [0.29, 0.717) is 22.3 Å².